The fourth-order valence-corrected chi connectivity index (χ4v) is 16.5. The van der Waals surface area contributed by atoms with Crippen molar-refractivity contribution in [1.82, 2.24) is 0 Å². The van der Waals surface area contributed by atoms with Crippen molar-refractivity contribution >= 4 is 160 Å². The summed E-state index contributed by atoms with van der Waals surface area (Å²) in [5.41, 5.74) is 7.16. The molecule has 1 aliphatic carbocycles. The summed E-state index contributed by atoms with van der Waals surface area (Å²) in [6.07, 6.45) is 0. The second kappa shape index (κ2) is 39.8. The van der Waals surface area contributed by atoms with E-state index in [4.69, 9.17) is 11.5 Å². The van der Waals surface area contributed by atoms with Gasteiger partial charge < -0.3 is 50.6 Å². The number of nitrogen functional groups attached to an aromatic ring is 2. The first-order valence-corrected chi connectivity index (χ1v) is 37.7. The van der Waals surface area contributed by atoms with E-state index in [-0.39, 0.29) is 231 Å². The minimum Gasteiger partial charge on any atom is -0.744 e. The van der Waals surface area contributed by atoms with Gasteiger partial charge in [0.2, 0.25) is 10.4 Å². The molecule has 504 valence electrons. The number of aromatic hydroxyl groups is 1. The molecule has 0 heterocycles. The van der Waals surface area contributed by atoms with Gasteiger partial charge in [-0.15, -0.1) is 18.9 Å². The van der Waals surface area contributed by atoms with Crippen molar-refractivity contribution in [3.05, 3.63) is 138 Å². The molecule has 0 spiro atoms. The van der Waals surface area contributed by atoms with E-state index < -0.39 is 199 Å². The number of anilines is 4. The zero-order valence-corrected chi connectivity index (χ0v) is 71.5. The van der Waals surface area contributed by atoms with Crippen LogP contribution >= 0.6 is 0 Å². The number of nitrogens with zero attached hydrogens (tertiary/aromatic N) is 4. The second-order valence-corrected chi connectivity index (χ2v) is 32.2. The van der Waals surface area contributed by atoms with Gasteiger partial charge in [-0.25, -0.2) is 67.3 Å². The van der Waals surface area contributed by atoms with E-state index >= 15 is 0 Å². The third-order valence-corrected chi connectivity index (χ3v) is 22.7. The number of rotatable bonds is 26. The normalized spacial score (nSPS) is 13.1. The van der Waals surface area contributed by atoms with Gasteiger partial charge in [0.15, 0.2) is 69.0 Å². The molecule has 0 radical (unpaired) electrons. The van der Waals surface area contributed by atoms with Crippen molar-refractivity contribution in [2.75, 3.05) is 52.2 Å². The molecule has 0 fully saturated rings. The van der Waals surface area contributed by atoms with E-state index in [2.05, 4.69) is 48.7 Å². The molecule has 0 amide bonds. The molecule has 1 aliphatic rings. The van der Waals surface area contributed by atoms with Crippen LogP contribution in [0, 0.1) is 0 Å². The number of carbonyl (C=O) groups is 2. The molecule has 100 heavy (non-hydrogen) atoms. The molecule has 0 saturated heterocycles. The number of ketones is 2. The molecule has 0 aliphatic heterocycles. The summed E-state index contributed by atoms with van der Waals surface area (Å²) in [7, 11) is -33.7. The van der Waals surface area contributed by atoms with Crippen LogP contribution in [0.25, 0.3) is 10.8 Å². The smallest absolute Gasteiger partial charge is 0.744 e. The molecule has 0 bridgehead atoms. The van der Waals surface area contributed by atoms with Gasteiger partial charge in [0, 0.05) is 16.8 Å². The van der Waals surface area contributed by atoms with Crippen molar-refractivity contribution in [2.45, 2.75) is 29.4 Å². The van der Waals surface area contributed by atoms with Gasteiger partial charge in [0.1, 0.15) is 41.7 Å². The van der Waals surface area contributed by atoms with Gasteiger partial charge >= 0.3 is 177 Å². The molecule has 8 rings (SSSR count). The predicted octanol–water partition coefficient (Wildman–Crippen LogP) is -16.9. The number of azo groups is 2. The van der Waals surface area contributed by atoms with Crippen LogP contribution in [0.4, 0.5) is 45.5 Å². The van der Waals surface area contributed by atoms with Crippen LogP contribution in [0.15, 0.2) is 165 Å². The number of phenolic OH excluding ortho intramolecular Hbond substituents is 1. The van der Waals surface area contributed by atoms with E-state index in [0.29, 0.717) is 12.1 Å². The van der Waals surface area contributed by atoms with Crippen molar-refractivity contribution in [3.8, 4) is 5.75 Å². The summed E-state index contributed by atoms with van der Waals surface area (Å²) in [6, 6.07) is 20.8. The monoisotopic (exact) mass is 1620 g/mol. The number of nitrogens with two attached hydrogens (primary N) is 2. The first-order valence-electron chi connectivity index (χ1n) is 24.7. The Bertz CT molecular complexity index is 5010. The largest absolute Gasteiger partial charge is 1.00 e. The first kappa shape index (κ1) is 96.1. The molecular formula is C48H37N7Na6O30S9. The van der Waals surface area contributed by atoms with E-state index in [0.717, 1.165) is 66.7 Å². The Hall–Kier alpha value is -1.95. The van der Waals surface area contributed by atoms with Gasteiger partial charge in [-0.2, -0.15) is 10.2 Å². The quantitative estimate of drug-likeness (QED) is 0.00744. The summed E-state index contributed by atoms with van der Waals surface area (Å²) in [6.45, 7) is -0.933. The maximum absolute atomic E-state index is 13.3. The summed E-state index contributed by atoms with van der Waals surface area (Å²) in [5.74, 6) is -6.23. The summed E-state index contributed by atoms with van der Waals surface area (Å²) in [5, 5.41) is 53.2. The van der Waals surface area contributed by atoms with Gasteiger partial charge in [0.25, 0.3) is 0 Å². The van der Waals surface area contributed by atoms with Crippen LogP contribution in [0.1, 0.15) is 31.8 Å². The van der Waals surface area contributed by atoms with Crippen molar-refractivity contribution in [2.24, 2.45) is 20.5 Å². The number of hydrogen-bond donors (Lipinski definition) is 4. The molecule has 2 atom stereocenters. The van der Waals surface area contributed by atoms with Crippen LogP contribution in [0.3, 0.4) is 0 Å². The predicted molar refractivity (Wildman–Crippen MR) is 311 cm³/mol. The Kier molecular flexibility index (Phi) is 38.2. The van der Waals surface area contributed by atoms with Gasteiger partial charge in [-0.05, 0) is 90.3 Å². The van der Waals surface area contributed by atoms with Crippen LogP contribution in [0.2, 0.25) is 0 Å². The zero-order chi connectivity index (χ0) is 69.7. The molecule has 7 aromatic carbocycles. The average molecular weight is 1620 g/mol. The van der Waals surface area contributed by atoms with Crippen molar-refractivity contribution in [1.29, 1.82) is 0 Å². The Labute approximate surface area is 706 Å². The fourth-order valence-electron chi connectivity index (χ4n) is 8.35. The number of benzene rings is 7. The molecule has 0 saturated carbocycles. The zero-order valence-electron chi connectivity index (χ0n) is 52.1. The summed E-state index contributed by atoms with van der Waals surface area (Å²) < 4.78 is 250. The number of sulfone groups is 3. The second-order valence-electron chi connectivity index (χ2n) is 18.5. The average Bonchev–Trinajstić information content (AvgIpc) is 0.751. The number of fused-ring (bicyclic) bond motifs is 3. The standard InChI is InChI=1S/C26H25N5O19S6.C22H18N2O11S3.6Na/c27-23-22-15(13-20(55(41,42)43)24(23)30-28-16-1-5-18(6-2-16)53(37,38)11-9-51(35)49-47-33)14-21(56(44,45)46)25(26(22)32)31-29-17-3-7-19(8-4-17)54(39,40)12-10-52(36)50-48-34;23-20-17(37(29,30)31)11-16(18-19(20)22(26)15-7-2-1-6-14(15)21(18)25)24-12-4-3-5-13(10-12)36(27,28)9-8-35-38(32,33)34;;;;;;/h1-8,13-14,32-34H,9-12,27H2,(H,41,42,43)(H,44,45,46);1-7,10-11,24H,8-9,23H2,(H,29,30,31)(H,32,33,34);;;;;;/q;;6*+1/p-6. The number of hydrogen-bond acceptors (Lipinski definition) is 37. The minimum atomic E-state index is -5.54. The Morgan fingerprint density at radius 3 is 1.33 bits per heavy atom. The minimum absolute atomic E-state index is 0. The summed E-state index contributed by atoms with van der Waals surface area (Å²) in [4.78, 5) is 22.2. The van der Waals surface area contributed by atoms with Crippen molar-refractivity contribution < 1.29 is 311 Å². The Balaban J connectivity index is 0.00000100. The molecule has 2 unspecified atom stereocenters. The summed E-state index contributed by atoms with van der Waals surface area (Å²) >= 11 is -4.73. The third-order valence-electron chi connectivity index (χ3n) is 12.5. The first-order chi connectivity index (χ1) is 43.7. The maximum Gasteiger partial charge on any atom is 1.00 e. The van der Waals surface area contributed by atoms with Crippen molar-refractivity contribution in [3.63, 3.8) is 0 Å². The van der Waals surface area contributed by atoms with Crippen LogP contribution < -0.4 is 205 Å². The number of phenols is 1. The van der Waals surface area contributed by atoms with E-state index in [1.54, 1.807) is 0 Å². The molecule has 52 heteroatoms. The molecule has 7 aromatic rings. The fraction of sp³-hybridized carbons (Fsp3) is 0.125. The number of carbonyl (C=O) groups excluding carboxylic acids is 2. The van der Waals surface area contributed by atoms with Crippen LogP contribution in [-0.4, -0.2) is 138 Å². The van der Waals surface area contributed by atoms with Crippen LogP contribution in [-0.2, 0) is 115 Å². The van der Waals surface area contributed by atoms with Gasteiger partial charge in [-0.3, -0.25) is 23.8 Å². The molecule has 0 aromatic heterocycles. The maximum atomic E-state index is 13.3. The SMILES string of the molecule is Nc1c(N=Nc2ccc(S(=O)(=O)CCS(=O)OO[O-])cc2)c(S(=O)(=O)[O-])cc2cc(S(=O)(=O)[O-])c(N=Nc3ccc(S(=O)(=O)CCS(=O)OO[O-])cc3)c(O)c12.Nc1c(S(=O)(=O)[O-])cc(Nc2cccc(S(=O)(=O)CCOS(=O)(=O)[O-])c2)c2c1C(=O)c1ccccc1C2=O.[Na+].[Na+].[Na+].[Na+].[Na+].[Na+]. The van der Waals surface area contributed by atoms with Crippen LogP contribution in [0.5, 0.6) is 5.75 Å². The number of nitrogens with one attached hydrogen (secondary N) is 1. The third kappa shape index (κ3) is 24.8. The topological polar surface area (TPSA) is 626 Å². The Morgan fingerprint density at radius 1 is 0.480 bits per heavy atom. The Morgan fingerprint density at radius 2 is 0.900 bits per heavy atom. The van der Waals surface area contributed by atoms with E-state index in [1.165, 1.54) is 36.4 Å². The molecule has 6 N–H and O–H groups in total. The van der Waals surface area contributed by atoms with E-state index in [1.807, 2.05) is 0 Å². The van der Waals surface area contributed by atoms with Gasteiger partial charge in [-0.1, -0.05) is 30.3 Å². The van der Waals surface area contributed by atoms with Gasteiger partial charge in [0.05, 0.1) is 110 Å². The molecular weight excluding hydrogens is 1580 g/mol. The van der Waals surface area contributed by atoms with E-state index in [9.17, 15) is 111 Å². The molecule has 37 nitrogen and oxygen atoms in total.